The van der Waals surface area contributed by atoms with E-state index in [0.717, 1.165) is 31.1 Å². The fourth-order valence-electron chi connectivity index (χ4n) is 3.04. The van der Waals surface area contributed by atoms with Crippen molar-refractivity contribution in [3.63, 3.8) is 0 Å². The van der Waals surface area contributed by atoms with Gasteiger partial charge in [0.2, 0.25) is 0 Å². The van der Waals surface area contributed by atoms with E-state index in [4.69, 9.17) is 4.74 Å². The van der Waals surface area contributed by atoms with E-state index in [1.807, 2.05) is 0 Å². The smallest absolute Gasteiger partial charge is 0.0468 e. The second kappa shape index (κ2) is 8.16. The SMILES string of the molecule is CC(CCCCC1CCOCC1)CNC1CCC1. The van der Waals surface area contributed by atoms with Crippen LogP contribution in [0.3, 0.4) is 0 Å². The molecule has 1 unspecified atom stereocenters. The van der Waals surface area contributed by atoms with E-state index in [1.54, 1.807) is 0 Å². The Morgan fingerprint density at radius 3 is 2.56 bits per heavy atom. The topological polar surface area (TPSA) is 21.3 Å². The Hall–Kier alpha value is -0.0800. The summed E-state index contributed by atoms with van der Waals surface area (Å²) < 4.78 is 5.41. The van der Waals surface area contributed by atoms with Gasteiger partial charge in [-0.25, -0.2) is 0 Å². The van der Waals surface area contributed by atoms with Crippen LogP contribution in [0.2, 0.25) is 0 Å². The Balaban J connectivity index is 1.41. The van der Waals surface area contributed by atoms with Crippen molar-refractivity contribution in [1.82, 2.24) is 5.32 Å². The highest BCUT2D eigenvalue weighted by Crippen LogP contribution is 2.22. The van der Waals surface area contributed by atoms with Crippen molar-refractivity contribution in [1.29, 1.82) is 0 Å². The Bertz CT molecular complexity index is 209. The molecule has 2 aliphatic rings. The van der Waals surface area contributed by atoms with Gasteiger partial charge in [-0.15, -0.1) is 0 Å². The first-order chi connectivity index (χ1) is 8.84. The van der Waals surface area contributed by atoms with Crippen molar-refractivity contribution in [2.75, 3.05) is 19.8 Å². The van der Waals surface area contributed by atoms with E-state index in [0.29, 0.717) is 0 Å². The molecule has 2 nitrogen and oxygen atoms in total. The van der Waals surface area contributed by atoms with E-state index in [-0.39, 0.29) is 0 Å². The van der Waals surface area contributed by atoms with Crippen LogP contribution in [0.25, 0.3) is 0 Å². The van der Waals surface area contributed by atoms with E-state index in [2.05, 4.69) is 12.2 Å². The molecule has 0 aromatic rings. The third kappa shape index (κ3) is 5.27. The molecule has 1 heterocycles. The van der Waals surface area contributed by atoms with Gasteiger partial charge in [0.25, 0.3) is 0 Å². The summed E-state index contributed by atoms with van der Waals surface area (Å²) in [5.41, 5.74) is 0. The van der Waals surface area contributed by atoms with Crippen molar-refractivity contribution >= 4 is 0 Å². The Kier molecular flexibility index (Phi) is 6.50. The van der Waals surface area contributed by atoms with Gasteiger partial charge in [-0.1, -0.05) is 32.6 Å². The summed E-state index contributed by atoms with van der Waals surface area (Å²) in [5, 5.41) is 3.69. The van der Waals surface area contributed by atoms with Gasteiger partial charge >= 0.3 is 0 Å². The molecule has 1 N–H and O–H groups in total. The minimum Gasteiger partial charge on any atom is -0.381 e. The average molecular weight is 253 g/mol. The zero-order valence-electron chi connectivity index (χ0n) is 12.1. The van der Waals surface area contributed by atoms with Crippen LogP contribution in [-0.4, -0.2) is 25.8 Å². The summed E-state index contributed by atoms with van der Waals surface area (Å²) in [6, 6.07) is 0.856. The summed E-state index contributed by atoms with van der Waals surface area (Å²) in [6.45, 7) is 5.65. The van der Waals surface area contributed by atoms with Crippen LogP contribution >= 0.6 is 0 Å². The van der Waals surface area contributed by atoms with Gasteiger partial charge in [0.05, 0.1) is 0 Å². The third-order valence-electron chi connectivity index (χ3n) is 4.76. The number of ether oxygens (including phenoxy) is 1. The fourth-order valence-corrected chi connectivity index (χ4v) is 3.04. The highest BCUT2D eigenvalue weighted by molar-refractivity contribution is 4.77. The number of hydrogen-bond donors (Lipinski definition) is 1. The fraction of sp³-hybridized carbons (Fsp3) is 1.00. The normalized spacial score (nSPS) is 23.8. The lowest BCUT2D eigenvalue weighted by Gasteiger charge is -2.28. The van der Waals surface area contributed by atoms with E-state index < -0.39 is 0 Å². The molecule has 0 aromatic carbocycles. The monoisotopic (exact) mass is 253 g/mol. The second-order valence-electron chi connectivity index (χ2n) is 6.48. The zero-order chi connectivity index (χ0) is 12.6. The first-order valence-electron chi connectivity index (χ1n) is 8.15. The standard InChI is InChI=1S/C16H31NO/c1-14(13-17-16-7-4-8-16)5-2-3-6-15-9-11-18-12-10-15/h14-17H,2-13H2,1H3. The maximum atomic E-state index is 5.41. The molecule has 0 radical (unpaired) electrons. The minimum absolute atomic E-state index is 0.856. The average Bonchev–Trinajstić information content (AvgIpc) is 2.34. The van der Waals surface area contributed by atoms with E-state index >= 15 is 0 Å². The van der Waals surface area contributed by atoms with Crippen molar-refractivity contribution < 1.29 is 4.74 Å². The molecule has 1 aliphatic heterocycles. The van der Waals surface area contributed by atoms with E-state index in [1.165, 1.54) is 64.3 Å². The summed E-state index contributed by atoms with van der Waals surface area (Å²) in [6.07, 6.45) is 12.6. The summed E-state index contributed by atoms with van der Waals surface area (Å²) in [5.74, 6) is 1.82. The van der Waals surface area contributed by atoms with Crippen LogP contribution in [-0.2, 0) is 4.74 Å². The molecule has 2 fully saturated rings. The zero-order valence-corrected chi connectivity index (χ0v) is 12.1. The molecular formula is C16H31NO. The van der Waals surface area contributed by atoms with Crippen molar-refractivity contribution in [2.24, 2.45) is 11.8 Å². The summed E-state index contributed by atoms with van der Waals surface area (Å²) in [7, 11) is 0. The lowest BCUT2D eigenvalue weighted by Crippen LogP contribution is -2.37. The largest absolute Gasteiger partial charge is 0.381 e. The molecule has 2 heteroatoms. The van der Waals surface area contributed by atoms with Crippen molar-refractivity contribution in [3.8, 4) is 0 Å². The van der Waals surface area contributed by atoms with Crippen LogP contribution in [0.15, 0.2) is 0 Å². The van der Waals surface area contributed by atoms with Gasteiger partial charge < -0.3 is 10.1 Å². The van der Waals surface area contributed by atoms with Crippen LogP contribution in [0.5, 0.6) is 0 Å². The lowest BCUT2D eigenvalue weighted by atomic mass is 9.91. The molecule has 18 heavy (non-hydrogen) atoms. The molecule has 106 valence electrons. The molecule has 1 aliphatic carbocycles. The van der Waals surface area contributed by atoms with Crippen molar-refractivity contribution in [2.45, 2.75) is 70.8 Å². The van der Waals surface area contributed by atoms with Gasteiger partial charge in [-0.2, -0.15) is 0 Å². The second-order valence-corrected chi connectivity index (χ2v) is 6.48. The first kappa shape index (κ1) is 14.3. The highest BCUT2D eigenvalue weighted by atomic mass is 16.5. The maximum absolute atomic E-state index is 5.41. The predicted octanol–water partition coefficient (Wildman–Crippen LogP) is 3.75. The van der Waals surface area contributed by atoms with E-state index in [9.17, 15) is 0 Å². The predicted molar refractivity (Wildman–Crippen MR) is 76.8 cm³/mol. The molecular weight excluding hydrogens is 222 g/mol. The highest BCUT2D eigenvalue weighted by Gasteiger charge is 2.17. The Morgan fingerprint density at radius 1 is 1.11 bits per heavy atom. The number of hydrogen-bond acceptors (Lipinski definition) is 2. The van der Waals surface area contributed by atoms with Crippen LogP contribution in [0, 0.1) is 11.8 Å². The molecule has 0 amide bonds. The van der Waals surface area contributed by atoms with Crippen LogP contribution in [0.1, 0.15) is 64.7 Å². The van der Waals surface area contributed by atoms with Crippen LogP contribution < -0.4 is 5.32 Å². The van der Waals surface area contributed by atoms with Gasteiger partial charge in [0.15, 0.2) is 0 Å². The summed E-state index contributed by atoms with van der Waals surface area (Å²) in [4.78, 5) is 0. The lowest BCUT2D eigenvalue weighted by molar-refractivity contribution is 0.0630. The van der Waals surface area contributed by atoms with Gasteiger partial charge in [-0.05, 0) is 50.5 Å². The molecule has 0 bridgehead atoms. The quantitative estimate of drug-likeness (QED) is 0.665. The minimum atomic E-state index is 0.856. The maximum Gasteiger partial charge on any atom is 0.0468 e. The van der Waals surface area contributed by atoms with Crippen LogP contribution in [0.4, 0.5) is 0 Å². The first-order valence-corrected chi connectivity index (χ1v) is 8.15. The van der Waals surface area contributed by atoms with Gasteiger partial charge in [0, 0.05) is 19.3 Å². The van der Waals surface area contributed by atoms with Crippen molar-refractivity contribution in [3.05, 3.63) is 0 Å². The van der Waals surface area contributed by atoms with Gasteiger partial charge in [0.1, 0.15) is 0 Å². The number of nitrogens with one attached hydrogen (secondary N) is 1. The van der Waals surface area contributed by atoms with Gasteiger partial charge in [-0.3, -0.25) is 0 Å². The number of unbranched alkanes of at least 4 members (excludes halogenated alkanes) is 1. The third-order valence-corrected chi connectivity index (χ3v) is 4.76. The molecule has 2 rings (SSSR count). The molecule has 0 aromatic heterocycles. The Morgan fingerprint density at radius 2 is 1.89 bits per heavy atom. The number of rotatable bonds is 8. The molecule has 0 spiro atoms. The summed E-state index contributed by atoms with van der Waals surface area (Å²) >= 11 is 0. The molecule has 1 saturated heterocycles. The molecule has 1 saturated carbocycles. The molecule has 1 atom stereocenters. The Labute approximate surface area is 113 Å².